The first-order valence-corrected chi connectivity index (χ1v) is 4.58. The highest BCUT2D eigenvalue weighted by Crippen LogP contribution is 2.15. The average Bonchev–Trinajstić information content (AvgIpc) is 2.24. The third kappa shape index (κ3) is 2.57. The molecule has 0 amide bonds. The van der Waals surface area contributed by atoms with Crippen LogP contribution in [0.15, 0.2) is 0 Å². The third-order valence-electron chi connectivity index (χ3n) is 2.22. The van der Waals surface area contributed by atoms with Crippen LogP contribution in [0.4, 0.5) is 0 Å². The van der Waals surface area contributed by atoms with E-state index in [1.807, 2.05) is 24.0 Å². The highest BCUT2D eigenvalue weighted by molar-refractivity contribution is 7.59. The summed E-state index contributed by atoms with van der Waals surface area (Å²) in [6.45, 7) is 0. The van der Waals surface area contributed by atoms with Crippen LogP contribution in [0, 0.1) is 0 Å². The van der Waals surface area contributed by atoms with Gasteiger partial charge in [0.15, 0.2) is 0 Å². The molecule has 2 unspecified atom stereocenters. The van der Waals surface area contributed by atoms with Gasteiger partial charge in [-0.3, -0.25) is 15.1 Å². The minimum absolute atomic E-state index is 0.0820. The SMILES string of the molecule is CN1NC([S-])N(C)C1CCC(=O)O. The van der Waals surface area contributed by atoms with E-state index in [-0.39, 0.29) is 18.1 Å². The second-order valence-electron chi connectivity index (χ2n) is 3.17. The molecule has 0 aromatic rings. The molecule has 1 fully saturated rings. The van der Waals surface area contributed by atoms with Gasteiger partial charge in [0.2, 0.25) is 0 Å². The lowest BCUT2D eigenvalue weighted by Gasteiger charge is -2.27. The summed E-state index contributed by atoms with van der Waals surface area (Å²) in [5, 5.41) is 10.4. The van der Waals surface area contributed by atoms with Crippen LogP contribution in [0.1, 0.15) is 12.8 Å². The highest BCUT2D eigenvalue weighted by atomic mass is 32.1. The molecule has 1 heterocycles. The maximum atomic E-state index is 10.4. The standard InChI is InChI=1S/C7H15N3O2S/c1-9-5(3-4-6(11)12)10(2)8-7(9)13/h5,7-8,13H,3-4H2,1-2H3,(H,11,12)/p-1. The molecule has 1 aliphatic rings. The van der Waals surface area contributed by atoms with Gasteiger partial charge in [-0.25, -0.2) is 5.01 Å². The molecule has 0 aromatic carbocycles. The van der Waals surface area contributed by atoms with E-state index in [4.69, 9.17) is 17.7 Å². The van der Waals surface area contributed by atoms with Crippen LogP contribution < -0.4 is 5.43 Å². The maximum Gasteiger partial charge on any atom is 0.303 e. The summed E-state index contributed by atoms with van der Waals surface area (Å²) < 4.78 is 0. The lowest BCUT2D eigenvalue weighted by molar-refractivity contribution is -0.137. The van der Waals surface area contributed by atoms with Gasteiger partial charge in [-0.2, -0.15) is 0 Å². The fourth-order valence-corrected chi connectivity index (χ4v) is 1.74. The van der Waals surface area contributed by atoms with Gasteiger partial charge in [-0.1, -0.05) is 0 Å². The molecule has 0 aliphatic carbocycles. The second-order valence-corrected chi connectivity index (χ2v) is 3.62. The molecular weight excluding hydrogens is 190 g/mol. The molecule has 6 heteroatoms. The Morgan fingerprint density at radius 1 is 1.62 bits per heavy atom. The summed E-state index contributed by atoms with van der Waals surface area (Å²) in [5.74, 6) is -0.769. The Morgan fingerprint density at radius 3 is 2.62 bits per heavy atom. The van der Waals surface area contributed by atoms with Gasteiger partial charge in [0.05, 0.1) is 6.17 Å². The summed E-state index contributed by atoms with van der Waals surface area (Å²) >= 11 is 5.08. The summed E-state index contributed by atoms with van der Waals surface area (Å²) in [4.78, 5) is 12.3. The minimum Gasteiger partial charge on any atom is -0.757 e. The van der Waals surface area contributed by atoms with Crippen LogP contribution in [0.5, 0.6) is 0 Å². The van der Waals surface area contributed by atoms with E-state index < -0.39 is 5.97 Å². The number of rotatable bonds is 3. The minimum atomic E-state index is -0.769. The second kappa shape index (κ2) is 4.28. The lowest BCUT2D eigenvalue weighted by Crippen LogP contribution is -2.37. The quantitative estimate of drug-likeness (QED) is 0.598. The van der Waals surface area contributed by atoms with E-state index in [9.17, 15) is 4.79 Å². The van der Waals surface area contributed by atoms with Crippen molar-refractivity contribution >= 4 is 18.6 Å². The molecule has 1 aliphatic heterocycles. The van der Waals surface area contributed by atoms with Gasteiger partial charge >= 0.3 is 5.97 Å². The third-order valence-corrected chi connectivity index (χ3v) is 2.66. The summed E-state index contributed by atoms with van der Waals surface area (Å²) in [6, 6.07) is 0. The molecular formula is C7H14N3O2S-. The van der Waals surface area contributed by atoms with Crippen molar-refractivity contribution < 1.29 is 9.90 Å². The number of carboxylic acids is 1. The van der Waals surface area contributed by atoms with Gasteiger partial charge in [0.25, 0.3) is 0 Å². The van der Waals surface area contributed by atoms with Gasteiger partial charge < -0.3 is 17.7 Å². The first kappa shape index (κ1) is 10.8. The van der Waals surface area contributed by atoms with E-state index >= 15 is 0 Å². The van der Waals surface area contributed by atoms with Crippen molar-refractivity contribution in [1.29, 1.82) is 0 Å². The molecule has 76 valence electrons. The van der Waals surface area contributed by atoms with Gasteiger partial charge in [-0.15, -0.1) is 0 Å². The van der Waals surface area contributed by atoms with E-state index in [0.29, 0.717) is 6.42 Å². The predicted octanol–water partition coefficient (Wildman–Crippen LogP) is -0.610. The molecule has 13 heavy (non-hydrogen) atoms. The summed E-state index contributed by atoms with van der Waals surface area (Å²) in [6.07, 6.45) is 0.838. The van der Waals surface area contributed by atoms with Crippen molar-refractivity contribution in [3.05, 3.63) is 0 Å². The zero-order valence-electron chi connectivity index (χ0n) is 7.73. The molecule has 0 saturated carbocycles. The number of carbonyl (C=O) groups is 1. The molecule has 1 rings (SSSR count). The summed E-state index contributed by atoms with van der Waals surface area (Å²) in [5.41, 5.74) is 2.89. The Bertz CT molecular complexity index is 202. The molecule has 0 bridgehead atoms. The fraction of sp³-hybridized carbons (Fsp3) is 0.857. The average molecular weight is 204 g/mol. The first-order chi connectivity index (χ1) is 6.02. The van der Waals surface area contributed by atoms with Crippen molar-refractivity contribution in [2.24, 2.45) is 0 Å². The number of aliphatic carboxylic acids is 1. The number of carboxylic acid groups (broad SMARTS) is 1. The van der Waals surface area contributed by atoms with Crippen LogP contribution in [-0.2, 0) is 17.4 Å². The normalized spacial score (nSPS) is 31.0. The topological polar surface area (TPSA) is 55.8 Å². The zero-order chi connectivity index (χ0) is 10.0. The van der Waals surface area contributed by atoms with Crippen molar-refractivity contribution in [3.63, 3.8) is 0 Å². The van der Waals surface area contributed by atoms with Crippen LogP contribution >= 0.6 is 0 Å². The number of hydrogen-bond acceptors (Lipinski definition) is 5. The lowest BCUT2D eigenvalue weighted by atomic mass is 10.2. The Kier molecular flexibility index (Phi) is 3.55. The van der Waals surface area contributed by atoms with Crippen LogP contribution in [0.2, 0.25) is 0 Å². The number of nitrogens with one attached hydrogen (secondary N) is 1. The smallest absolute Gasteiger partial charge is 0.303 e. The molecule has 0 aromatic heterocycles. The maximum absolute atomic E-state index is 10.4. The molecule has 2 atom stereocenters. The molecule has 0 spiro atoms. The molecule has 1 saturated heterocycles. The van der Waals surface area contributed by atoms with Crippen LogP contribution in [0.25, 0.3) is 0 Å². The number of nitrogens with zero attached hydrogens (tertiary/aromatic N) is 2. The molecule has 0 radical (unpaired) electrons. The van der Waals surface area contributed by atoms with Gasteiger partial charge in [0.1, 0.15) is 0 Å². The van der Waals surface area contributed by atoms with Crippen LogP contribution in [0.3, 0.4) is 0 Å². The Balaban J connectivity index is 2.44. The Morgan fingerprint density at radius 2 is 2.23 bits per heavy atom. The Labute approximate surface area is 83.1 Å². The fourth-order valence-electron chi connectivity index (χ4n) is 1.43. The van der Waals surface area contributed by atoms with Crippen molar-refractivity contribution in [2.45, 2.75) is 24.5 Å². The van der Waals surface area contributed by atoms with Crippen molar-refractivity contribution in [3.8, 4) is 0 Å². The molecule has 2 N–H and O–H groups in total. The zero-order valence-corrected chi connectivity index (χ0v) is 8.54. The number of hydrazine groups is 1. The van der Waals surface area contributed by atoms with Crippen molar-refractivity contribution in [2.75, 3.05) is 14.1 Å². The van der Waals surface area contributed by atoms with Gasteiger partial charge in [-0.05, 0) is 19.0 Å². The van der Waals surface area contributed by atoms with Crippen molar-refractivity contribution in [1.82, 2.24) is 15.3 Å². The monoisotopic (exact) mass is 204 g/mol. The largest absolute Gasteiger partial charge is 0.757 e. The van der Waals surface area contributed by atoms with E-state index in [2.05, 4.69) is 5.43 Å². The predicted molar refractivity (Wildman–Crippen MR) is 50.5 cm³/mol. The number of hydrogen-bond donors (Lipinski definition) is 2. The van der Waals surface area contributed by atoms with E-state index in [1.165, 1.54) is 0 Å². The van der Waals surface area contributed by atoms with E-state index in [1.54, 1.807) is 0 Å². The van der Waals surface area contributed by atoms with E-state index in [0.717, 1.165) is 0 Å². The highest BCUT2D eigenvalue weighted by Gasteiger charge is 2.27. The first-order valence-electron chi connectivity index (χ1n) is 4.11. The Hall–Kier alpha value is -0.300. The van der Waals surface area contributed by atoms with Crippen LogP contribution in [-0.4, -0.2) is 46.7 Å². The molecule has 5 nitrogen and oxygen atoms in total. The van der Waals surface area contributed by atoms with Gasteiger partial charge in [0, 0.05) is 13.5 Å². The summed E-state index contributed by atoms with van der Waals surface area (Å²) in [7, 11) is 3.76.